The number of aryl methyl sites for hydroxylation is 2. The minimum Gasteiger partial charge on any atom is -0.423 e. The molecular weight excluding hydrogens is 164 g/mol. The molecule has 0 saturated heterocycles. The summed E-state index contributed by atoms with van der Waals surface area (Å²) < 4.78 is 5.31. The van der Waals surface area contributed by atoms with Crippen molar-refractivity contribution in [1.82, 2.24) is 4.98 Å². The van der Waals surface area contributed by atoms with Gasteiger partial charge in [0.25, 0.3) is 6.01 Å². The molecule has 1 heterocycles. The molecule has 0 bridgehead atoms. The van der Waals surface area contributed by atoms with E-state index in [1.165, 1.54) is 11.1 Å². The van der Waals surface area contributed by atoms with Gasteiger partial charge in [-0.05, 0) is 30.5 Å². The second-order valence-corrected chi connectivity index (χ2v) is 3.18. The molecule has 2 N–H and O–H groups in total. The van der Waals surface area contributed by atoms with E-state index < -0.39 is 0 Å². The Hall–Kier alpha value is -1.51. The number of hydrogen-bond donors (Lipinski definition) is 1. The number of hydrogen-bond acceptors (Lipinski definition) is 3. The Balaban J connectivity index is 2.80. The van der Waals surface area contributed by atoms with Gasteiger partial charge in [-0.15, -0.1) is 0 Å². The van der Waals surface area contributed by atoms with Crippen LogP contribution >= 0.6 is 0 Å². The van der Waals surface area contributed by atoms with E-state index in [9.17, 15) is 0 Å². The van der Waals surface area contributed by atoms with Crippen molar-refractivity contribution in [2.24, 2.45) is 0 Å². The predicted octanol–water partition coefficient (Wildman–Crippen LogP) is 2.28. The highest BCUT2D eigenvalue weighted by atomic mass is 16.4. The first-order valence-corrected chi connectivity index (χ1v) is 4.36. The minimum atomic E-state index is 0.246. The maximum Gasteiger partial charge on any atom is 0.292 e. The zero-order valence-electron chi connectivity index (χ0n) is 7.79. The molecule has 3 nitrogen and oxygen atoms in total. The highest BCUT2D eigenvalue weighted by Crippen LogP contribution is 2.23. The van der Waals surface area contributed by atoms with E-state index in [1.54, 1.807) is 0 Å². The van der Waals surface area contributed by atoms with Gasteiger partial charge < -0.3 is 10.2 Å². The molecule has 0 fully saturated rings. The molecule has 0 saturated carbocycles. The van der Waals surface area contributed by atoms with Crippen molar-refractivity contribution < 1.29 is 4.42 Å². The van der Waals surface area contributed by atoms with E-state index in [0.29, 0.717) is 0 Å². The third-order valence-corrected chi connectivity index (χ3v) is 2.11. The molecule has 1 aromatic carbocycles. The fraction of sp³-hybridized carbons (Fsp3) is 0.300. The number of nitrogen functional groups attached to an aromatic ring is 1. The van der Waals surface area contributed by atoms with Crippen molar-refractivity contribution >= 4 is 17.1 Å². The fourth-order valence-corrected chi connectivity index (χ4v) is 1.54. The topological polar surface area (TPSA) is 52.0 Å². The van der Waals surface area contributed by atoms with Gasteiger partial charge in [-0.2, -0.15) is 4.98 Å². The second-order valence-electron chi connectivity index (χ2n) is 3.18. The molecule has 0 amide bonds. The van der Waals surface area contributed by atoms with Crippen molar-refractivity contribution in [3.05, 3.63) is 23.3 Å². The lowest BCUT2D eigenvalue weighted by Gasteiger charge is -1.98. The quantitative estimate of drug-likeness (QED) is 0.725. The van der Waals surface area contributed by atoms with Crippen LogP contribution in [0.15, 0.2) is 16.5 Å². The molecule has 2 aromatic rings. The number of fused-ring (bicyclic) bond motifs is 1. The summed E-state index contributed by atoms with van der Waals surface area (Å²) in [6.07, 6.45) is 0.937. The maximum atomic E-state index is 5.49. The Bertz CT molecular complexity index is 445. The SMILES string of the molecule is CCc1cc(C)cc2nc(N)oc12. The van der Waals surface area contributed by atoms with Crippen molar-refractivity contribution in [2.75, 3.05) is 5.73 Å². The van der Waals surface area contributed by atoms with Crippen LogP contribution in [0.3, 0.4) is 0 Å². The molecule has 0 spiro atoms. The fourth-order valence-electron chi connectivity index (χ4n) is 1.54. The number of rotatable bonds is 1. The molecule has 3 heteroatoms. The highest BCUT2D eigenvalue weighted by molar-refractivity contribution is 5.78. The van der Waals surface area contributed by atoms with Gasteiger partial charge in [0.2, 0.25) is 0 Å². The molecule has 68 valence electrons. The number of aromatic nitrogens is 1. The maximum absolute atomic E-state index is 5.49. The summed E-state index contributed by atoms with van der Waals surface area (Å²) in [5.74, 6) is 0. The van der Waals surface area contributed by atoms with Crippen LogP contribution in [-0.2, 0) is 6.42 Å². The minimum absolute atomic E-state index is 0.246. The van der Waals surface area contributed by atoms with Gasteiger partial charge in [-0.3, -0.25) is 0 Å². The Morgan fingerprint density at radius 3 is 2.92 bits per heavy atom. The number of benzene rings is 1. The van der Waals surface area contributed by atoms with Crippen LogP contribution in [0.1, 0.15) is 18.1 Å². The summed E-state index contributed by atoms with van der Waals surface area (Å²) in [5.41, 5.74) is 9.53. The van der Waals surface area contributed by atoms with Crippen molar-refractivity contribution in [3.8, 4) is 0 Å². The van der Waals surface area contributed by atoms with Crippen LogP contribution in [0.4, 0.5) is 6.01 Å². The Labute approximate surface area is 76.6 Å². The third-order valence-electron chi connectivity index (χ3n) is 2.11. The molecule has 0 atom stereocenters. The summed E-state index contributed by atoms with van der Waals surface area (Å²) in [6.45, 7) is 4.14. The van der Waals surface area contributed by atoms with E-state index in [-0.39, 0.29) is 6.01 Å². The predicted molar refractivity (Wildman–Crippen MR) is 52.5 cm³/mol. The van der Waals surface area contributed by atoms with Crippen LogP contribution in [0, 0.1) is 6.92 Å². The largest absolute Gasteiger partial charge is 0.423 e. The lowest BCUT2D eigenvalue weighted by Crippen LogP contribution is -1.83. The summed E-state index contributed by atoms with van der Waals surface area (Å²) in [4.78, 5) is 4.09. The van der Waals surface area contributed by atoms with Crippen molar-refractivity contribution in [3.63, 3.8) is 0 Å². The molecule has 0 aliphatic carbocycles. The molecule has 0 radical (unpaired) electrons. The first kappa shape index (κ1) is 8.10. The van der Waals surface area contributed by atoms with Gasteiger partial charge >= 0.3 is 0 Å². The molecule has 0 aliphatic rings. The van der Waals surface area contributed by atoms with Gasteiger partial charge in [-0.25, -0.2) is 0 Å². The van der Waals surface area contributed by atoms with E-state index in [0.717, 1.165) is 17.5 Å². The standard InChI is InChI=1S/C10H12N2O/c1-3-7-4-6(2)5-8-9(7)13-10(11)12-8/h4-5H,3H2,1-2H3,(H2,11,12). The summed E-state index contributed by atoms with van der Waals surface area (Å²) in [6, 6.07) is 4.33. The van der Waals surface area contributed by atoms with Gasteiger partial charge in [0.05, 0.1) is 0 Å². The molecule has 1 aromatic heterocycles. The number of nitrogens with zero attached hydrogens (tertiary/aromatic N) is 1. The average molecular weight is 176 g/mol. The molecule has 2 rings (SSSR count). The van der Waals surface area contributed by atoms with E-state index in [1.807, 2.05) is 13.0 Å². The summed E-state index contributed by atoms with van der Waals surface area (Å²) >= 11 is 0. The molecular formula is C10H12N2O. The van der Waals surface area contributed by atoms with Crippen LogP contribution in [-0.4, -0.2) is 4.98 Å². The van der Waals surface area contributed by atoms with Gasteiger partial charge in [-0.1, -0.05) is 13.0 Å². The monoisotopic (exact) mass is 176 g/mol. The average Bonchev–Trinajstić information content (AvgIpc) is 2.43. The first-order valence-electron chi connectivity index (χ1n) is 4.36. The van der Waals surface area contributed by atoms with Gasteiger partial charge in [0.15, 0.2) is 5.58 Å². The van der Waals surface area contributed by atoms with E-state index in [2.05, 4.69) is 18.0 Å². The number of anilines is 1. The Morgan fingerprint density at radius 2 is 2.23 bits per heavy atom. The molecule has 0 unspecified atom stereocenters. The summed E-state index contributed by atoms with van der Waals surface area (Å²) in [7, 11) is 0. The number of oxazole rings is 1. The van der Waals surface area contributed by atoms with E-state index in [4.69, 9.17) is 10.2 Å². The second kappa shape index (κ2) is 2.76. The zero-order chi connectivity index (χ0) is 9.42. The van der Waals surface area contributed by atoms with Gasteiger partial charge in [0.1, 0.15) is 5.52 Å². The van der Waals surface area contributed by atoms with Crippen molar-refractivity contribution in [2.45, 2.75) is 20.3 Å². The van der Waals surface area contributed by atoms with Crippen LogP contribution < -0.4 is 5.73 Å². The van der Waals surface area contributed by atoms with Crippen LogP contribution in [0.25, 0.3) is 11.1 Å². The van der Waals surface area contributed by atoms with Gasteiger partial charge in [0, 0.05) is 0 Å². The van der Waals surface area contributed by atoms with E-state index >= 15 is 0 Å². The summed E-state index contributed by atoms with van der Waals surface area (Å²) in [5, 5.41) is 0. The zero-order valence-corrected chi connectivity index (χ0v) is 7.79. The number of nitrogens with two attached hydrogens (primary N) is 1. The van der Waals surface area contributed by atoms with Crippen LogP contribution in [0.5, 0.6) is 0 Å². The lowest BCUT2D eigenvalue weighted by atomic mass is 10.1. The molecule has 13 heavy (non-hydrogen) atoms. The highest BCUT2D eigenvalue weighted by Gasteiger charge is 2.07. The lowest BCUT2D eigenvalue weighted by molar-refractivity contribution is 0.622. The molecule has 0 aliphatic heterocycles. The van der Waals surface area contributed by atoms with Crippen LogP contribution in [0.2, 0.25) is 0 Å². The Kier molecular flexibility index (Phi) is 1.72. The normalized spacial score (nSPS) is 10.9. The third kappa shape index (κ3) is 1.26. The first-order chi connectivity index (χ1) is 6.20. The van der Waals surface area contributed by atoms with Crippen molar-refractivity contribution in [1.29, 1.82) is 0 Å². The Morgan fingerprint density at radius 1 is 1.46 bits per heavy atom. The smallest absolute Gasteiger partial charge is 0.292 e.